The fourth-order valence-corrected chi connectivity index (χ4v) is 8.45. The van der Waals surface area contributed by atoms with E-state index in [0.29, 0.717) is 11.5 Å². The van der Waals surface area contributed by atoms with Crippen LogP contribution < -0.4 is 0 Å². The molecule has 2 heteroatoms. The summed E-state index contributed by atoms with van der Waals surface area (Å²) in [7, 11) is 0. The lowest BCUT2D eigenvalue weighted by molar-refractivity contribution is -0.00220. The molecule has 4 saturated carbocycles. The molecular formula is C28H28O2. The molecule has 0 aromatic heterocycles. The number of rotatable bonds is 3. The van der Waals surface area contributed by atoms with Crippen LogP contribution in [0.15, 0.2) is 66.7 Å². The minimum atomic E-state index is -0.136. The van der Waals surface area contributed by atoms with Crippen molar-refractivity contribution in [2.45, 2.75) is 31.8 Å². The van der Waals surface area contributed by atoms with E-state index < -0.39 is 0 Å². The molecule has 4 fully saturated rings. The first-order valence-corrected chi connectivity index (χ1v) is 11.8. The topological polar surface area (TPSA) is 26.3 Å². The Morgan fingerprint density at radius 2 is 1.53 bits per heavy atom. The Balaban J connectivity index is 1.12. The molecule has 2 nitrogen and oxygen atoms in total. The van der Waals surface area contributed by atoms with E-state index in [1.807, 2.05) is 42.5 Å². The van der Waals surface area contributed by atoms with Crippen molar-refractivity contribution in [1.82, 2.24) is 0 Å². The van der Waals surface area contributed by atoms with E-state index in [2.05, 4.69) is 24.3 Å². The molecule has 9 unspecified atom stereocenters. The van der Waals surface area contributed by atoms with Gasteiger partial charge in [0.25, 0.3) is 0 Å². The number of carbonyl (C=O) groups excluding carboxylic acids is 1. The molecule has 0 aliphatic heterocycles. The average Bonchev–Trinajstić information content (AvgIpc) is 3.57. The van der Waals surface area contributed by atoms with Crippen LogP contribution in [0.4, 0.5) is 0 Å². The van der Waals surface area contributed by atoms with E-state index >= 15 is 0 Å². The van der Waals surface area contributed by atoms with Gasteiger partial charge in [-0.3, -0.25) is 0 Å². The first-order chi connectivity index (χ1) is 14.8. The van der Waals surface area contributed by atoms with E-state index in [4.69, 9.17) is 4.74 Å². The van der Waals surface area contributed by atoms with Crippen LogP contribution >= 0.6 is 0 Å². The van der Waals surface area contributed by atoms with Crippen LogP contribution in [0.25, 0.3) is 11.1 Å². The van der Waals surface area contributed by atoms with Crippen molar-refractivity contribution < 1.29 is 9.53 Å². The zero-order chi connectivity index (χ0) is 19.8. The highest BCUT2D eigenvalue weighted by atomic mass is 16.5. The van der Waals surface area contributed by atoms with E-state index in [1.165, 1.54) is 19.3 Å². The molecule has 0 N–H and O–H groups in total. The van der Waals surface area contributed by atoms with Gasteiger partial charge in [0.05, 0.1) is 5.56 Å². The van der Waals surface area contributed by atoms with Crippen LogP contribution in [0, 0.1) is 47.3 Å². The largest absolute Gasteiger partial charge is 0.458 e. The molecule has 2 aromatic carbocycles. The third-order valence-electron chi connectivity index (χ3n) is 9.34. The van der Waals surface area contributed by atoms with E-state index in [9.17, 15) is 4.79 Å². The summed E-state index contributed by atoms with van der Waals surface area (Å²) < 4.78 is 6.24. The van der Waals surface area contributed by atoms with Gasteiger partial charge in [0.1, 0.15) is 6.10 Å². The Hall–Kier alpha value is -2.35. The Bertz CT molecular complexity index is 1020. The van der Waals surface area contributed by atoms with Gasteiger partial charge in [-0.2, -0.15) is 0 Å². The van der Waals surface area contributed by atoms with Crippen LogP contribution in [0.5, 0.6) is 0 Å². The lowest BCUT2D eigenvalue weighted by Gasteiger charge is -2.35. The van der Waals surface area contributed by atoms with Crippen molar-refractivity contribution in [2.75, 3.05) is 0 Å². The smallest absolute Gasteiger partial charge is 0.339 e. The average molecular weight is 397 g/mol. The number of carbonyl (C=O) groups is 1. The summed E-state index contributed by atoms with van der Waals surface area (Å²) in [4.78, 5) is 13.2. The zero-order valence-electron chi connectivity index (χ0n) is 17.2. The van der Waals surface area contributed by atoms with Crippen LogP contribution in [-0.4, -0.2) is 12.1 Å². The molecule has 5 aliphatic rings. The molecule has 0 saturated heterocycles. The van der Waals surface area contributed by atoms with Crippen LogP contribution in [-0.2, 0) is 4.74 Å². The number of ether oxygens (including phenoxy) is 1. The van der Waals surface area contributed by atoms with Crippen molar-refractivity contribution in [3.8, 4) is 11.1 Å². The minimum Gasteiger partial charge on any atom is -0.458 e. The van der Waals surface area contributed by atoms with Crippen molar-refractivity contribution in [3.05, 3.63) is 72.3 Å². The summed E-state index contributed by atoms with van der Waals surface area (Å²) in [6.45, 7) is 0. The van der Waals surface area contributed by atoms with Gasteiger partial charge in [0.2, 0.25) is 0 Å². The molecule has 0 heterocycles. The summed E-state index contributed by atoms with van der Waals surface area (Å²) in [5.74, 6) is 6.52. The summed E-state index contributed by atoms with van der Waals surface area (Å²) in [5.41, 5.74) is 2.75. The maximum absolute atomic E-state index is 13.2. The minimum absolute atomic E-state index is 0.122. The van der Waals surface area contributed by atoms with Crippen molar-refractivity contribution in [2.24, 2.45) is 47.3 Å². The molecule has 2 aromatic rings. The lowest BCUT2D eigenvalue weighted by Crippen LogP contribution is -2.34. The van der Waals surface area contributed by atoms with Crippen molar-refractivity contribution in [3.63, 3.8) is 0 Å². The second kappa shape index (κ2) is 6.33. The molecule has 7 rings (SSSR count). The fraction of sp³-hybridized carbons (Fsp3) is 0.464. The number of fused-ring (bicyclic) bond motifs is 11. The SMILES string of the molecule is O=C(OC1CC2CC1C1CC3C4C=CC(C4)C3C21)c1ccccc1-c1ccccc1. The van der Waals surface area contributed by atoms with Gasteiger partial charge in [-0.1, -0.05) is 60.7 Å². The Kier molecular flexibility index (Phi) is 3.66. The van der Waals surface area contributed by atoms with Crippen LogP contribution in [0.2, 0.25) is 0 Å². The molecule has 5 aliphatic carbocycles. The third-order valence-corrected chi connectivity index (χ3v) is 9.34. The highest BCUT2D eigenvalue weighted by Gasteiger charge is 2.65. The summed E-state index contributed by atoms with van der Waals surface area (Å²) in [6.07, 6.45) is 10.3. The second-order valence-corrected chi connectivity index (χ2v) is 10.4. The summed E-state index contributed by atoms with van der Waals surface area (Å²) in [5, 5.41) is 0. The highest BCUT2D eigenvalue weighted by molar-refractivity contribution is 5.97. The zero-order valence-corrected chi connectivity index (χ0v) is 17.2. The second-order valence-electron chi connectivity index (χ2n) is 10.4. The maximum atomic E-state index is 13.2. The Labute approximate surface area is 178 Å². The van der Waals surface area contributed by atoms with Gasteiger partial charge < -0.3 is 4.74 Å². The third kappa shape index (κ3) is 2.34. The van der Waals surface area contributed by atoms with E-state index in [0.717, 1.165) is 59.0 Å². The molecule has 0 spiro atoms. The predicted octanol–water partition coefficient (Wildman–Crippen LogP) is 5.99. The first-order valence-electron chi connectivity index (χ1n) is 11.8. The van der Waals surface area contributed by atoms with Crippen LogP contribution in [0.3, 0.4) is 0 Å². The highest BCUT2D eigenvalue weighted by Crippen LogP contribution is 2.69. The predicted molar refractivity (Wildman–Crippen MR) is 117 cm³/mol. The standard InChI is InChI=1S/C28H28O2/c29-28(21-9-5-4-8-20(21)16-6-2-1-3-7-16)30-25-14-19-13-23(25)24-15-22-17-10-11-18(12-17)26(22)27(19)24/h1-11,17-19,22-27H,12-15H2. The van der Waals surface area contributed by atoms with Crippen LogP contribution in [0.1, 0.15) is 36.0 Å². The number of esters is 1. The van der Waals surface area contributed by atoms with Crippen molar-refractivity contribution >= 4 is 5.97 Å². The molecular weight excluding hydrogens is 368 g/mol. The summed E-state index contributed by atoms with van der Waals surface area (Å²) in [6, 6.07) is 18.1. The quantitative estimate of drug-likeness (QED) is 0.470. The molecule has 0 amide bonds. The van der Waals surface area contributed by atoms with E-state index in [-0.39, 0.29) is 12.1 Å². The van der Waals surface area contributed by atoms with Gasteiger partial charge in [-0.25, -0.2) is 4.79 Å². The van der Waals surface area contributed by atoms with E-state index in [1.54, 1.807) is 0 Å². The van der Waals surface area contributed by atoms with Gasteiger partial charge in [0, 0.05) is 0 Å². The normalized spacial score (nSPS) is 41.8. The van der Waals surface area contributed by atoms with Gasteiger partial charge in [0.15, 0.2) is 0 Å². The maximum Gasteiger partial charge on any atom is 0.339 e. The number of allylic oxidation sites excluding steroid dienone is 2. The summed E-state index contributed by atoms with van der Waals surface area (Å²) >= 11 is 0. The van der Waals surface area contributed by atoms with Gasteiger partial charge in [-0.05, 0) is 90.2 Å². The Morgan fingerprint density at radius 3 is 2.43 bits per heavy atom. The molecule has 9 atom stereocenters. The number of hydrogen-bond donors (Lipinski definition) is 0. The monoisotopic (exact) mass is 396 g/mol. The Morgan fingerprint density at radius 1 is 0.733 bits per heavy atom. The first kappa shape index (κ1) is 17.3. The van der Waals surface area contributed by atoms with Gasteiger partial charge in [-0.15, -0.1) is 0 Å². The lowest BCUT2D eigenvalue weighted by atomic mass is 9.73. The van der Waals surface area contributed by atoms with Gasteiger partial charge >= 0.3 is 5.97 Å². The number of hydrogen-bond acceptors (Lipinski definition) is 2. The molecule has 30 heavy (non-hydrogen) atoms. The van der Waals surface area contributed by atoms with Crippen molar-refractivity contribution in [1.29, 1.82) is 0 Å². The fourth-order valence-electron chi connectivity index (χ4n) is 8.45. The number of benzene rings is 2. The molecule has 0 radical (unpaired) electrons. The molecule has 4 bridgehead atoms. The molecule has 152 valence electrons.